The Bertz CT molecular complexity index is 730. The normalized spacial score (nSPS) is 10.8. The van der Waals surface area contributed by atoms with E-state index in [1.807, 2.05) is 17.8 Å². The van der Waals surface area contributed by atoms with Gasteiger partial charge in [-0.2, -0.15) is 4.98 Å². The van der Waals surface area contributed by atoms with Crippen LogP contribution in [0, 0.1) is 13.8 Å². The summed E-state index contributed by atoms with van der Waals surface area (Å²) in [5, 5.41) is 8.96. The third kappa shape index (κ3) is 3.18. The van der Waals surface area contributed by atoms with E-state index in [1.165, 1.54) is 4.57 Å². The molecule has 0 amide bonds. The number of carboxylic acids is 1. The van der Waals surface area contributed by atoms with Crippen LogP contribution in [0.2, 0.25) is 0 Å². The number of rotatable bonds is 5. The van der Waals surface area contributed by atoms with Crippen molar-refractivity contribution in [2.45, 2.75) is 33.2 Å². The van der Waals surface area contributed by atoms with Crippen molar-refractivity contribution in [1.29, 1.82) is 0 Å². The quantitative estimate of drug-likeness (QED) is 0.864. The Morgan fingerprint density at radius 1 is 1.38 bits per heavy atom. The molecule has 0 unspecified atom stereocenters. The summed E-state index contributed by atoms with van der Waals surface area (Å²) >= 11 is 0. The molecule has 2 heterocycles. The smallest absolute Gasteiger partial charge is 0.347 e. The number of imidazole rings is 1. The molecule has 0 atom stereocenters. The Balaban J connectivity index is 2.32. The van der Waals surface area contributed by atoms with Crippen molar-refractivity contribution in [2.75, 3.05) is 0 Å². The third-order valence-electron chi connectivity index (χ3n) is 3.58. The first-order valence-electron chi connectivity index (χ1n) is 6.65. The van der Waals surface area contributed by atoms with E-state index in [9.17, 15) is 9.59 Å². The zero-order valence-corrected chi connectivity index (χ0v) is 12.3. The maximum Gasteiger partial charge on any atom is 0.347 e. The second kappa shape index (κ2) is 5.90. The van der Waals surface area contributed by atoms with Crippen LogP contribution in [0.15, 0.2) is 17.2 Å². The summed E-state index contributed by atoms with van der Waals surface area (Å²) in [6, 6.07) is 0. The van der Waals surface area contributed by atoms with Crippen LogP contribution < -0.4 is 5.69 Å². The maximum absolute atomic E-state index is 12.0. The van der Waals surface area contributed by atoms with Gasteiger partial charge in [-0.3, -0.25) is 9.36 Å². The number of aryl methyl sites for hydroxylation is 3. The zero-order chi connectivity index (χ0) is 15.6. The molecule has 0 bridgehead atoms. The summed E-state index contributed by atoms with van der Waals surface area (Å²) in [6.07, 6.45) is 4.00. The van der Waals surface area contributed by atoms with Gasteiger partial charge in [0, 0.05) is 49.4 Å². The van der Waals surface area contributed by atoms with Crippen LogP contribution in [0.4, 0.5) is 0 Å². The van der Waals surface area contributed by atoms with Gasteiger partial charge in [0.05, 0.1) is 6.42 Å². The van der Waals surface area contributed by atoms with Crippen molar-refractivity contribution in [1.82, 2.24) is 19.1 Å². The van der Waals surface area contributed by atoms with Crippen molar-refractivity contribution in [3.05, 3.63) is 45.7 Å². The van der Waals surface area contributed by atoms with E-state index in [2.05, 4.69) is 9.97 Å². The molecule has 0 saturated heterocycles. The Morgan fingerprint density at radius 3 is 2.67 bits per heavy atom. The minimum atomic E-state index is -0.933. The van der Waals surface area contributed by atoms with Crippen LogP contribution in [0.1, 0.15) is 22.8 Å². The summed E-state index contributed by atoms with van der Waals surface area (Å²) in [5.74, 6) is -0.0704. The van der Waals surface area contributed by atoms with Crippen LogP contribution in [-0.2, 0) is 31.2 Å². The molecule has 0 spiro atoms. The van der Waals surface area contributed by atoms with E-state index in [0.717, 1.165) is 5.82 Å². The number of carbonyl (C=O) groups is 1. The molecule has 7 heteroatoms. The number of nitrogens with zero attached hydrogens (tertiary/aromatic N) is 4. The topological polar surface area (TPSA) is 90.0 Å². The van der Waals surface area contributed by atoms with Gasteiger partial charge in [-0.25, -0.2) is 9.78 Å². The van der Waals surface area contributed by atoms with Gasteiger partial charge in [0.2, 0.25) is 0 Å². The van der Waals surface area contributed by atoms with E-state index in [-0.39, 0.29) is 12.1 Å². The minimum Gasteiger partial charge on any atom is -0.481 e. The van der Waals surface area contributed by atoms with Gasteiger partial charge < -0.3 is 9.67 Å². The molecule has 0 aromatic carbocycles. The lowest BCUT2D eigenvalue weighted by atomic mass is 10.1. The lowest BCUT2D eigenvalue weighted by Gasteiger charge is -2.14. The fourth-order valence-corrected chi connectivity index (χ4v) is 2.36. The third-order valence-corrected chi connectivity index (χ3v) is 3.58. The summed E-state index contributed by atoms with van der Waals surface area (Å²) in [4.78, 5) is 31.1. The molecule has 0 aliphatic rings. The Kier molecular flexibility index (Phi) is 4.21. The average Bonchev–Trinajstić information content (AvgIpc) is 2.80. The highest BCUT2D eigenvalue weighted by Crippen LogP contribution is 2.11. The average molecular weight is 290 g/mol. The van der Waals surface area contributed by atoms with Crippen molar-refractivity contribution in [3.8, 4) is 0 Å². The van der Waals surface area contributed by atoms with Gasteiger partial charge in [-0.1, -0.05) is 0 Å². The summed E-state index contributed by atoms with van der Waals surface area (Å²) in [5.41, 5.74) is 1.38. The molecule has 112 valence electrons. The van der Waals surface area contributed by atoms with Gasteiger partial charge in [-0.05, 0) is 13.8 Å². The van der Waals surface area contributed by atoms with Crippen molar-refractivity contribution >= 4 is 5.97 Å². The number of aliphatic carboxylic acids is 1. The molecule has 0 saturated carbocycles. The molecular weight excluding hydrogens is 272 g/mol. The molecule has 7 nitrogen and oxygen atoms in total. The first-order chi connectivity index (χ1) is 9.90. The first-order valence-corrected chi connectivity index (χ1v) is 6.65. The van der Waals surface area contributed by atoms with Crippen LogP contribution in [-0.4, -0.2) is 30.2 Å². The summed E-state index contributed by atoms with van der Waals surface area (Å²) < 4.78 is 3.40. The van der Waals surface area contributed by atoms with Gasteiger partial charge >= 0.3 is 11.7 Å². The Labute approximate surface area is 121 Å². The fraction of sp³-hybridized carbons (Fsp3) is 0.429. The predicted octanol–water partition coefficient (Wildman–Crippen LogP) is 0.463. The molecule has 2 aromatic heterocycles. The van der Waals surface area contributed by atoms with Gasteiger partial charge in [0.1, 0.15) is 5.82 Å². The molecule has 0 aliphatic carbocycles. The molecule has 0 aliphatic heterocycles. The van der Waals surface area contributed by atoms with Crippen LogP contribution in [0.25, 0.3) is 0 Å². The molecule has 0 fully saturated rings. The van der Waals surface area contributed by atoms with Gasteiger partial charge in [0.25, 0.3) is 0 Å². The molecule has 1 N–H and O–H groups in total. The monoisotopic (exact) mass is 290 g/mol. The number of hydrogen-bond acceptors (Lipinski definition) is 4. The van der Waals surface area contributed by atoms with Crippen molar-refractivity contribution < 1.29 is 9.90 Å². The summed E-state index contributed by atoms with van der Waals surface area (Å²) in [7, 11) is 1.89. The van der Waals surface area contributed by atoms with Crippen molar-refractivity contribution in [3.63, 3.8) is 0 Å². The fourth-order valence-electron chi connectivity index (χ4n) is 2.36. The highest BCUT2D eigenvalue weighted by atomic mass is 16.4. The van der Waals surface area contributed by atoms with E-state index >= 15 is 0 Å². The molecule has 2 aromatic rings. The Morgan fingerprint density at radius 2 is 2.10 bits per heavy atom. The van der Waals surface area contributed by atoms with E-state index in [1.54, 1.807) is 20.0 Å². The van der Waals surface area contributed by atoms with E-state index in [4.69, 9.17) is 5.11 Å². The Hall–Kier alpha value is -2.44. The molecule has 21 heavy (non-hydrogen) atoms. The summed E-state index contributed by atoms with van der Waals surface area (Å²) in [6.45, 7) is 3.85. The maximum atomic E-state index is 12.0. The van der Waals surface area contributed by atoms with Gasteiger partial charge in [0.15, 0.2) is 0 Å². The van der Waals surface area contributed by atoms with E-state index in [0.29, 0.717) is 29.9 Å². The van der Waals surface area contributed by atoms with Crippen molar-refractivity contribution in [2.24, 2.45) is 7.05 Å². The standard InChI is InChI=1S/C14H18N4O3/c1-9-11(8-13(19)20)10(2)18(14(21)16-9)6-4-12-15-5-7-17(12)3/h5,7H,4,6,8H2,1-3H3,(H,19,20). The second-order valence-corrected chi connectivity index (χ2v) is 4.97. The number of hydrogen-bond donors (Lipinski definition) is 1. The number of aromatic nitrogens is 4. The largest absolute Gasteiger partial charge is 0.481 e. The zero-order valence-electron chi connectivity index (χ0n) is 12.3. The van der Waals surface area contributed by atoms with Crippen LogP contribution in [0.5, 0.6) is 0 Å². The lowest BCUT2D eigenvalue weighted by Crippen LogP contribution is -2.29. The SMILES string of the molecule is Cc1nc(=O)n(CCc2nccn2C)c(C)c1CC(=O)O. The second-order valence-electron chi connectivity index (χ2n) is 4.97. The van der Waals surface area contributed by atoms with Crippen LogP contribution in [0.3, 0.4) is 0 Å². The van der Waals surface area contributed by atoms with Crippen LogP contribution >= 0.6 is 0 Å². The molecular formula is C14H18N4O3. The highest BCUT2D eigenvalue weighted by molar-refractivity contribution is 5.70. The van der Waals surface area contributed by atoms with E-state index < -0.39 is 5.97 Å². The lowest BCUT2D eigenvalue weighted by molar-refractivity contribution is -0.136. The highest BCUT2D eigenvalue weighted by Gasteiger charge is 2.14. The predicted molar refractivity (Wildman–Crippen MR) is 76.2 cm³/mol. The van der Waals surface area contributed by atoms with Gasteiger partial charge in [-0.15, -0.1) is 0 Å². The minimum absolute atomic E-state index is 0.132. The molecule has 2 rings (SSSR count). The number of carboxylic acid groups (broad SMARTS) is 1. The first kappa shape index (κ1) is 15.0. The molecule has 0 radical (unpaired) electrons.